The zero-order chi connectivity index (χ0) is 13.9. The molecule has 0 nitrogen and oxygen atoms in total. The molecule has 0 bridgehead atoms. The van der Waals surface area contributed by atoms with Crippen LogP contribution in [0, 0.1) is 0 Å². The third kappa shape index (κ3) is 2.49. The van der Waals surface area contributed by atoms with Gasteiger partial charge in [-0.3, -0.25) is 0 Å². The summed E-state index contributed by atoms with van der Waals surface area (Å²) in [5, 5.41) is 0. The van der Waals surface area contributed by atoms with E-state index in [-0.39, 0.29) is 0 Å². The van der Waals surface area contributed by atoms with Gasteiger partial charge in [-0.15, -0.1) is 25.3 Å². The van der Waals surface area contributed by atoms with Crippen LogP contribution in [0.5, 0.6) is 0 Å². The molecular weight excluding hydrogens is 280 g/mol. The maximum Gasteiger partial charge on any atom is 0.0259 e. The highest BCUT2D eigenvalue weighted by atomic mass is 32.1. The molecule has 0 N–H and O–H groups in total. The Morgan fingerprint density at radius 1 is 0.450 bits per heavy atom. The Balaban J connectivity index is 2.13. The van der Waals surface area contributed by atoms with Crippen molar-refractivity contribution in [3.63, 3.8) is 0 Å². The van der Waals surface area contributed by atoms with Gasteiger partial charge < -0.3 is 0 Å². The normalized spacial score (nSPS) is 10.5. The number of rotatable bonds is 2. The van der Waals surface area contributed by atoms with Crippen molar-refractivity contribution < 1.29 is 0 Å². The molecule has 0 radical (unpaired) electrons. The van der Waals surface area contributed by atoms with Gasteiger partial charge in [0.15, 0.2) is 0 Å². The van der Waals surface area contributed by atoms with Crippen LogP contribution in [0.15, 0.2) is 82.6 Å². The largest absolute Gasteiger partial charge is 0.142 e. The summed E-state index contributed by atoms with van der Waals surface area (Å²) in [5.74, 6) is 0. The monoisotopic (exact) mass is 294 g/mol. The highest BCUT2D eigenvalue weighted by Crippen LogP contribution is 2.37. The molecule has 0 saturated carbocycles. The molecule has 0 saturated heterocycles. The van der Waals surface area contributed by atoms with E-state index in [0.717, 1.165) is 32.0 Å². The second kappa shape index (κ2) is 5.78. The van der Waals surface area contributed by atoms with Gasteiger partial charge in [0.25, 0.3) is 0 Å². The van der Waals surface area contributed by atoms with E-state index in [9.17, 15) is 0 Å². The molecule has 0 spiro atoms. The SMILES string of the molecule is Sc1c(-c2ccccc2)ccc(-c2ccccc2)c1S. The van der Waals surface area contributed by atoms with Crippen molar-refractivity contribution in [2.24, 2.45) is 0 Å². The Morgan fingerprint density at radius 2 is 0.800 bits per heavy atom. The van der Waals surface area contributed by atoms with E-state index in [1.165, 1.54) is 0 Å². The molecule has 0 fully saturated rings. The topological polar surface area (TPSA) is 0 Å². The van der Waals surface area contributed by atoms with Gasteiger partial charge in [-0.1, -0.05) is 72.8 Å². The van der Waals surface area contributed by atoms with E-state index in [2.05, 4.69) is 61.7 Å². The Bertz CT molecular complexity index is 655. The van der Waals surface area contributed by atoms with Crippen molar-refractivity contribution in [1.29, 1.82) is 0 Å². The van der Waals surface area contributed by atoms with Gasteiger partial charge in [0, 0.05) is 9.79 Å². The van der Waals surface area contributed by atoms with Gasteiger partial charge >= 0.3 is 0 Å². The average Bonchev–Trinajstić information content (AvgIpc) is 2.52. The molecule has 3 rings (SSSR count). The van der Waals surface area contributed by atoms with Crippen LogP contribution >= 0.6 is 25.3 Å². The third-order valence-electron chi connectivity index (χ3n) is 3.32. The Kier molecular flexibility index (Phi) is 3.86. The van der Waals surface area contributed by atoms with Gasteiger partial charge in [-0.25, -0.2) is 0 Å². The molecular formula is C18H14S2. The molecule has 98 valence electrons. The third-order valence-corrected chi connectivity index (χ3v) is 4.43. The van der Waals surface area contributed by atoms with Crippen LogP contribution < -0.4 is 0 Å². The van der Waals surface area contributed by atoms with Crippen LogP contribution in [0.3, 0.4) is 0 Å². The first-order valence-electron chi connectivity index (χ1n) is 6.43. The van der Waals surface area contributed by atoms with E-state index in [1.54, 1.807) is 0 Å². The zero-order valence-corrected chi connectivity index (χ0v) is 12.6. The quantitative estimate of drug-likeness (QED) is 0.565. The summed E-state index contributed by atoms with van der Waals surface area (Å²) in [6.07, 6.45) is 0. The number of hydrogen-bond acceptors (Lipinski definition) is 2. The molecule has 0 heterocycles. The predicted molar refractivity (Wildman–Crippen MR) is 91.8 cm³/mol. The number of benzene rings is 3. The van der Waals surface area contributed by atoms with E-state index in [1.807, 2.05) is 36.4 Å². The molecule has 0 aliphatic heterocycles. The second-order valence-corrected chi connectivity index (χ2v) is 5.48. The van der Waals surface area contributed by atoms with E-state index in [4.69, 9.17) is 0 Å². The van der Waals surface area contributed by atoms with Gasteiger partial charge in [-0.05, 0) is 22.3 Å². The highest BCUT2D eigenvalue weighted by molar-refractivity contribution is 7.83. The summed E-state index contributed by atoms with van der Waals surface area (Å²) in [6, 6.07) is 24.7. The lowest BCUT2D eigenvalue weighted by Crippen LogP contribution is -1.86. The van der Waals surface area contributed by atoms with Crippen LogP contribution in [0.1, 0.15) is 0 Å². The Hall–Kier alpha value is -1.64. The van der Waals surface area contributed by atoms with Crippen molar-refractivity contribution in [2.45, 2.75) is 9.79 Å². The summed E-state index contributed by atoms with van der Waals surface area (Å²) in [7, 11) is 0. The fourth-order valence-corrected chi connectivity index (χ4v) is 2.93. The van der Waals surface area contributed by atoms with Gasteiger partial charge in [0.2, 0.25) is 0 Å². The molecule has 0 aliphatic carbocycles. The first-order valence-corrected chi connectivity index (χ1v) is 7.32. The van der Waals surface area contributed by atoms with E-state index < -0.39 is 0 Å². The molecule has 20 heavy (non-hydrogen) atoms. The van der Waals surface area contributed by atoms with E-state index in [0.29, 0.717) is 0 Å². The summed E-state index contributed by atoms with van der Waals surface area (Å²) < 4.78 is 0. The van der Waals surface area contributed by atoms with Crippen molar-refractivity contribution in [1.82, 2.24) is 0 Å². The average molecular weight is 294 g/mol. The summed E-state index contributed by atoms with van der Waals surface area (Å²) >= 11 is 9.33. The first kappa shape index (κ1) is 13.3. The minimum Gasteiger partial charge on any atom is -0.142 e. The smallest absolute Gasteiger partial charge is 0.0259 e. The van der Waals surface area contributed by atoms with Crippen molar-refractivity contribution >= 4 is 25.3 Å². The van der Waals surface area contributed by atoms with Crippen LogP contribution in [0.25, 0.3) is 22.3 Å². The predicted octanol–water partition coefficient (Wildman–Crippen LogP) is 5.60. The maximum atomic E-state index is 4.67. The summed E-state index contributed by atoms with van der Waals surface area (Å²) in [5.41, 5.74) is 4.54. The van der Waals surface area contributed by atoms with Crippen LogP contribution in [-0.4, -0.2) is 0 Å². The Morgan fingerprint density at radius 3 is 1.15 bits per heavy atom. The van der Waals surface area contributed by atoms with Gasteiger partial charge in [0.05, 0.1) is 0 Å². The van der Waals surface area contributed by atoms with Crippen molar-refractivity contribution in [2.75, 3.05) is 0 Å². The standard InChI is InChI=1S/C18H14S2/c19-17-15(13-7-3-1-4-8-13)11-12-16(18(17)20)14-9-5-2-6-10-14/h1-12,19-20H. The lowest BCUT2D eigenvalue weighted by atomic mass is 10.00. The van der Waals surface area contributed by atoms with E-state index >= 15 is 0 Å². The highest BCUT2D eigenvalue weighted by Gasteiger charge is 2.10. The first-order chi connectivity index (χ1) is 9.77. The van der Waals surface area contributed by atoms with Crippen LogP contribution in [0.4, 0.5) is 0 Å². The molecule has 0 aliphatic rings. The molecule has 0 aromatic heterocycles. The molecule has 3 aromatic rings. The minimum absolute atomic E-state index is 0.917. The van der Waals surface area contributed by atoms with Crippen LogP contribution in [0.2, 0.25) is 0 Å². The van der Waals surface area contributed by atoms with Gasteiger partial charge in [-0.2, -0.15) is 0 Å². The summed E-state index contributed by atoms with van der Waals surface area (Å²) in [6.45, 7) is 0. The fourth-order valence-electron chi connectivity index (χ4n) is 2.28. The zero-order valence-electron chi connectivity index (χ0n) is 10.8. The molecule has 0 unspecified atom stereocenters. The minimum atomic E-state index is 0.917. The summed E-state index contributed by atoms with van der Waals surface area (Å²) in [4.78, 5) is 1.83. The maximum absolute atomic E-state index is 4.67. The molecule has 0 amide bonds. The van der Waals surface area contributed by atoms with Crippen molar-refractivity contribution in [3.05, 3.63) is 72.8 Å². The fraction of sp³-hybridized carbons (Fsp3) is 0. The lowest BCUT2D eigenvalue weighted by molar-refractivity contribution is 1.27. The molecule has 3 aromatic carbocycles. The van der Waals surface area contributed by atoms with Gasteiger partial charge in [0.1, 0.15) is 0 Å². The number of thiol groups is 2. The second-order valence-electron chi connectivity index (χ2n) is 4.59. The number of hydrogen-bond donors (Lipinski definition) is 2. The Labute approximate surface area is 130 Å². The van der Waals surface area contributed by atoms with Crippen LogP contribution in [-0.2, 0) is 0 Å². The lowest BCUT2D eigenvalue weighted by Gasteiger charge is -2.12. The molecule has 2 heteroatoms. The molecule has 0 atom stereocenters. The van der Waals surface area contributed by atoms with Crippen molar-refractivity contribution in [3.8, 4) is 22.3 Å².